The molecular weight excluding hydrogens is 288 g/mol. The van der Waals surface area contributed by atoms with Crippen LogP contribution in [0.5, 0.6) is 0 Å². The Morgan fingerprint density at radius 1 is 1.25 bits per heavy atom. The van der Waals surface area contributed by atoms with E-state index in [-0.39, 0.29) is 12.4 Å². The van der Waals surface area contributed by atoms with E-state index in [1.807, 2.05) is 0 Å². The highest BCUT2D eigenvalue weighted by atomic mass is 79.9. The van der Waals surface area contributed by atoms with Gasteiger partial charge in [0.2, 0.25) is 0 Å². The second-order valence-electron chi connectivity index (χ2n) is 4.04. The summed E-state index contributed by atoms with van der Waals surface area (Å²) < 4.78 is 1.19. The first-order chi connectivity index (χ1) is 7.29. The Morgan fingerprint density at radius 3 is 2.50 bits per heavy atom. The maximum Gasteiger partial charge on any atom is 0.0510 e. The van der Waals surface area contributed by atoms with Crippen LogP contribution in [0.1, 0.15) is 12.8 Å². The Bertz CT molecular complexity index is 327. The molecule has 0 saturated carbocycles. The predicted octanol–water partition coefficient (Wildman–Crippen LogP) is 3.06. The van der Waals surface area contributed by atoms with Gasteiger partial charge in [-0.1, -0.05) is 12.1 Å². The molecule has 0 bridgehead atoms. The lowest BCUT2D eigenvalue weighted by molar-refractivity contribution is 0.443. The first-order valence-corrected chi connectivity index (χ1v) is 6.26. The number of hydrogen-bond acceptors (Lipinski definition) is 2. The van der Waals surface area contributed by atoms with E-state index in [0.29, 0.717) is 6.04 Å². The standard InChI is InChI=1S/C12H17BrN2.ClH/c1-15(10-6-8-14-9-7-10)12-5-3-2-4-11(12)13;/h2-5,10,14H,6-9H2,1H3;1H. The molecule has 4 heteroatoms. The van der Waals surface area contributed by atoms with Crippen LogP contribution in [0.25, 0.3) is 0 Å². The normalized spacial score (nSPS) is 16.6. The Labute approximate surface area is 112 Å². The van der Waals surface area contributed by atoms with Gasteiger partial charge in [0.25, 0.3) is 0 Å². The van der Waals surface area contributed by atoms with Crippen LogP contribution in [-0.4, -0.2) is 26.2 Å². The van der Waals surface area contributed by atoms with Gasteiger partial charge >= 0.3 is 0 Å². The van der Waals surface area contributed by atoms with Gasteiger partial charge in [0.05, 0.1) is 5.69 Å². The minimum atomic E-state index is 0. The van der Waals surface area contributed by atoms with Crippen molar-refractivity contribution in [3.63, 3.8) is 0 Å². The molecule has 1 aromatic rings. The topological polar surface area (TPSA) is 15.3 Å². The van der Waals surface area contributed by atoms with Gasteiger partial charge in [-0.05, 0) is 54.0 Å². The number of nitrogens with one attached hydrogen (secondary N) is 1. The Hall–Kier alpha value is -0.250. The van der Waals surface area contributed by atoms with E-state index in [2.05, 4.69) is 57.5 Å². The van der Waals surface area contributed by atoms with Crippen LogP contribution >= 0.6 is 28.3 Å². The van der Waals surface area contributed by atoms with Crippen molar-refractivity contribution in [1.82, 2.24) is 5.32 Å². The van der Waals surface area contributed by atoms with Gasteiger partial charge in [0.1, 0.15) is 0 Å². The first-order valence-electron chi connectivity index (χ1n) is 5.47. The zero-order chi connectivity index (χ0) is 10.7. The average molecular weight is 306 g/mol. The van der Waals surface area contributed by atoms with Crippen LogP contribution in [-0.2, 0) is 0 Å². The van der Waals surface area contributed by atoms with Crippen LogP contribution in [0.15, 0.2) is 28.7 Å². The highest BCUT2D eigenvalue weighted by molar-refractivity contribution is 9.10. The molecule has 1 saturated heterocycles. The van der Waals surface area contributed by atoms with Crippen molar-refractivity contribution in [2.75, 3.05) is 25.0 Å². The average Bonchev–Trinajstić information content (AvgIpc) is 2.30. The van der Waals surface area contributed by atoms with E-state index >= 15 is 0 Å². The van der Waals surface area contributed by atoms with Gasteiger partial charge < -0.3 is 10.2 Å². The summed E-state index contributed by atoms with van der Waals surface area (Å²) in [7, 11) is 2.19. The lowest BCUT2D eigenvalue weighted by Crippen LogP contribution is -2.41. The molecule has 1 aliphatic rings. The molecule has 1 heterocycles. The number of benzene rings is 1. The van der Waals surface area contributed by atoms with Crippen LogP contribution in [0, 0.1) is 0 Å². The summed E-state index contributed by atoms with van der Waals surface area (Å²) >= 11 is 3.61. The van der Waals surface area contributed by atoms with E-state index in [9.17, 15) is 0 Å². The van der Waals surface area contributed by atoms with E-state index in [1.165, 1.54) is 23.0 Å². The SMILES string of the molecule is CN(c1ccccc1Br)C1CCNCC1.Cl. The number of piperidine rings is 1. The van der Waals surface area contributed by atoms with Gasteiger partial charge in [-0.3, -0.25) is 0 Å². The van der Waals surface area contributed by atoms with Crippen molar-refractivity contribution >= 4 is 34.0 Å². The third-order valence-corrected chi connectivity index (χ3v) is 3.76. The monoisotopic (exact) mass is 304 g/mol. The molecule has 0 amide bonds. The minimum Gasteiger partial charge on any atom is -0.371 e. The van der Waals surface area contributed by atoms with E-state index in [0.717, 1.165) is 13.1 Å². The van der Waals surface area contributed by atoms with Crippen molar-refractivity contribution in [1.29, 1.82) is 0 Å². The fourth-order valence-electron chi connectivity index (χ4n) is 2.13. The highest BCUT2D eigenvalue weighted by Gasteiger charge is 2.18. The van der Waals surface area contributed by atoms with Gasteiger partial charge in [-0.25, -0.2) is 0 Å². The Balaban J connectivity index is 0.00000128. The number of halogens is 2. The smallest absolute Gasteiger partial charge is 0.0510 e. The number of rotatable bonds is 2. The molecule has 0 unspecified atom stereocenters. The molecule has 1 N–H and O–H groups in total. The van der Waals surface area contributed by atoms with Crippen molar-refractivity contribution in [3.05, 3.63) is 28.7 Å². The largest absolute Gasteiger partial charge is 0.371 e. The first kappa shape index (κ1) is 13.8. The van der Waals surface area contributed by atoms with Crippen molar-refractivity contribution in [2.24, 2.45) is 0 Å². The second-order valence-corrected chi connectivity index (χ2v) is 4.90. The summed E-state index contributed by atoms with van der Waals surface area (Å²) in [6, 6.07) is 9.10. The third kappa shape index (κ3) is 3.12. The lowest BCUT2D eigenvalue weighted by Gasteiger charge is -2.33. The van der Waals surface area contributed by atoms with Gasteiger partial charge in [-0.15, -0.1) is 12.4 Å². The van der Waals surface area contributed by atoms with Crippen LogP contribution in [0.2, 0.25) is 0 Å². The molecule has 0 aromatic heterocycles. The molecule has 90 valence electrons. The summed E-state index contributed by atoms with van der Waals surface area (Å²) in [6.45, 7) is 2.28. The second kappa shape index (κ2) is 6.48. The van der Waals surface area contributed by atoms with Crippen molar-refractivity contribution < 1.29 is 0 Å². The van der Waals surface area contributed by atoms with Gasteiger partial charge in [0, 0.05) is 17.6 Å². The third-order valence-electron chi connectivity index (χ3n) is 3.09. The molecule has 16 heavy (non-hydrogen) atoms. The molecule has 2 nitrogen and oxygen atoms in total. The Morgan fingerprint density at radius 2 is 1.88 bits per heavy atom. The number of para-hydroxylation sites is 1. The molecule has 0 aliphatic carbocycles. The summed E-state index contributed by atoms with van der Waals surface area (Å²) in [5.41, 5.74) is 1.30. The zero-order valence-electron chi connectivity index (χ0n) is 9.45. The van der Waals surface area contributed by atoms with Crippen LogP contribution < -0.4 is 10.2 Å². The number of nitrogens with zero attached hydrogens (tertiary/aromatic N) is 1. The summed E-state index contributed by atoms with van der Waals surface area (Å²) in [5, 5.41) is 3.40. The molecular formula is C12H18BrClN2. The summed E-state index contributed by atoms with van der Waals surface area (Å²) in [6.07, 6.45) is 2.47. The molecule has 1 fully saturated rings. The minimum absolute atomic E-state index is 0. The van der Waals surface area contributed by atoms with Crippen molar-refractivity contribution in [2.45, 2.75) is 18.9 Å². The zero-order valence-corrected chi connectivity index (χ0v) is 11.9. The molecule has 1 aliphatic heterocycles. The molecule has 1 aromatic carbocycles. The quantitative estimate of drug-likeness (QED) is 0.903. The van der Waals surface area contributed by atoms with Crippen LogP contribution in [0.4, 0.5) is 5.69 Å². The molecule has 2 rings (SSSR count). The molecule has 0 atom stereocenters. The van der Waals surface area contributed by atoms with Gasteiger partial charge in [-0.2, -0.15) is 0 Å². The summed E-state index contributed by atoms with van der Waals surface area (Å²) in [4.78, 5) is 2.39. The summed E-state index contributed by atoms with van der Waals surface area (Å²) in [5.74, 6) is 0. The Kier molecular flexibility index (Phi) is 5.59. The van der Waals surface area contributed by atoms with Crippen molar-refractivity contribution in [3.8, 4) is 0 Å². The molecule has 0 spiro atoms. The molecule has 0 radical (unpaired) electrons. The fraction of sp³-hybridized carbons (Fsp3) is 0.500. The highest BCUT2D eigenvalue weighted by Crippen LogP contribution is 2.27. The van der Waals surface area contributed by atoms with Gasteiger partial charge in [0.15, 0.2) is 0 Å². The van der Waals surface area contributed by atoms with E-state index < -0.39 is 0 Å². The van der Waals surface area contributed by atoms with E-state index in [4.69, 9.17) is 0 Å². The number of hydrogen-bond donors (Lipinski definition) is 1. The maximum atomic E-state index is 3.61. The lowest BCUT2D eigenvalue weighted by atomic mass is 10.0. The fourth-order valence-corrected chi connectivity index (χ4v) is 2.69. The predicted molar refractivity (Wildman–Crippen MR) is 75.7 cm³/mol. The maximum absolute atomic E-state index is 3.61. The van der Waals surface area contributed by atoms with Crippen LogP contribution in [0.3, 0.4) is 0 Å². The van der Waals surface area contributed by atoms with E-state index in [1.54, 1.807) is 0 Å². The number of anilines is 1.